The van der Waals surface area contributed by atoms with Crippen LogP contribution in [0.4, 0.5) is 0 Å². The number of hydrogen-bond donors (Lipinski definition) is 1. The normalized spacial score (nSPS) is 15.5. The minimum atomic E-state index is -3.97. The van der Waals surface area contributed by atoms with E-state index in [1.807, 2.05) is 30.3 Å². The first-order valence-corrected chi connectivity index (χ1v) is 10.2. The minimum absolute atomic E-state index is 0.0480. The molecule has 2 aromatic rings. The Morgan fingerprint density at radius 3 is 2.61 bits per heavy atom. The van der Waals surface area contributed by atoms with Crippen LogP contribution in [-0.4, -0.2) is 46.7 Å². The third-order valence-electron chi connectivity index (χ3n) is 4.87. The van der Waals surface area contributed by atoms with E-state index in [1.165, 1.54) is 12.0 Å². The number of amides is 1. The van der Waals surface area contributed by atoms with Gasteiger partial charge < -0.3 is 19.1 Å². The highest BCUT2D eigenvalue weighted by Gasteiger charge is 2.40. The van der Waals surface area contributed by atoms with E-state index in [0.29, 0.717) is 18.5 Å². The smallest absolute Gasteiger partial charge is 0.257 e. The molecule has 2 aromatic carbocycles. The number of likely N-dealkylation sites (N-methyl/N-ethyl adjacent to an activating group) is 1. The number of fused-ring (bicyclic) bond motifs is 2. The van der Waals surface area contributed by atoms with Crippen molar-refractivity contribution in [1.29, 1.82) is 0 Å². The molecule has 0 unspecified atom stereocenters. The highest BCUT2D eigenvalue weighted by molar-refractivity contribution is 7.89. The summed E-state index contributed by atoms with van der Waals surface area (Å²) in [7, 11) is -0.891. The molecule has 2 aliphatic rings. The monoisotopic (exact) mass is 404 g/mol. The maximum atomic E-state index is 13.2. The lowest BCUT2D eigenvalue weighted by Crippen LogP contribution is -2.36. The van der Waals surface area contributed by atoms with Gasteiger partial charge in [-0.1, -0.05) is 30.3 Å². The van der Waals surface area contributed by atoms with Crippen molar-refractivity contribution in [2.45, 2.75) is 17.9 Å². The van der Waals surface area contributed by atoms with Crippen LogP contribution in [0.15, 0.2) is 35.2 Å². The number of carbonyl (C=O) groups is 1. The fourth-order valence-electron chi connectivity index (χ4n) is 3.48. The highest BCUT2D eigenvalue weighted by atomic mass is 32.2. The van der Waals surface area contributed by atoms with Gasteiger partial charge in [0, 0.05) is 20.1 Å². The number of rotatable bonds is 5. The van der Waals surface area contributed by atoms with Gasteiger partial charge in [-0.05, 0) is 17.5 Å². The van der Waals surface area contributed by atoms with Crippen LogP contribution in [0.1, 0.15) is 21.5 Å². The van der Waals surface area contributed by atoms with Gasteiger partial charge in [0.2, 0.25) is 22.6 Å². The Bertz CT molecular complexity index is 1040. The lowest BCUT2D eigenvalue weighted by Gasteiger charge is -2.28. The Morgan fingerprint density at radius 1 is 1.18 bits per heavy atom. The van der Waals surface area contributed by atoms with Crippen molar-refractivity contribution in [1.82, 2.24) is 9.62 Å². The van der Waals surface area contributed by atoms with Gasteiger partial charge >= 0.3 is 0 Å². The summed E-state index contributed by atoms with van der Waals surface area (Å²) in [6.45, 7) is 0.378. The van der Waals surface area contributed by atoms with Crippen molar-refractivity contribution >= 4 is 15.9 Å². The van der Waals surface area contributed by atoms with Crippen LogP contribution < -0.4 is 18.9 Å². The predicted molar refractivity (Wildman–Crippen MR) is 100 cm³/mol. The van der Waals surface area contributed by atoms with Crippen LogP contribution in [0.3, 0.4) is 0 Å². The molecular formula is C19H20N2O6S. The Balaban J connectivity index is 1.85. The van der Waals surface area contributed by atoms with Gasteiger partial charge in [0.15, 0.2) is 11.5 Å². The summed E-state index contributed by atoms with van der Waals surface area (Å²) in [6.07, 6.45) is 0.367. The van der Waals surface area contributed by atoms with Crippen molar-refractivity contribution in [3.05, 3.63) is 47.0 Å². The Kier molecular flexibility index (Phi) is 4.64. The summed E-state index contributed by atoms with van der Waals surface area (Å²) in [5, 5.41) is 0. The standard InChI is InChI=1S/C19H20N2O6S/c1-21-9-8-13-14(19(21)22)15(25-2)16-17(27-11-26-16)18(13)28(23,24)20-10-12-6-4-3-5-7-12/h3-7,20H,8-11H2,1-2H3. The first-order chi connectivity index (χ1) is 13.4. The van der Waals surface area contributed by atoms with Gasteiger partial charge in [0.25, 0.3) is 5.91 Å². The summed E-state index contributed by atoms with van der Waals surface area (Å²) in [5.74, 6) is 0.135. The first-order valence-electron chi connectivity index (χ1n) is 8.75. The average Bonchev–Trinajstić information content (AvgIpc) is 3.17. The van der Waals surface area contributed by atoms with E-state index in [0.717, 1.165) is 5.56 Å². The number of methoxy groups -OCH3 is 1. The van der Waals surface area contributed by atoms with Crippen LogP contribution in [0.25, 0.3) is 0 Å². The van der Waals surface area contributed by atoms with Crippen molar-refractivity contribution in [2.75, 3.05) is 27.5 Å². The van der Waals surface area contributed by atoms with E-state index in [1.54, 1.807) is 7.05 Å². The van der Waals surface area contributed by atoms with E-state index in [-0.39, 0.29) is 47.0 Å². The molecule has 8 nitrogen and oxygen atoms in total. The molecule has 0 bridgehead atoms. The van der Waals surface area contributed by atoms with Gasteiger partial charge in [-0.25, -0.2) is 13.1 Å². The average molecular weight is 404 g/mol. The fraction of sp³-hybridized carbons (Fsp3) is 0.316. The second-order valence-corrected chi connectivity index (χ2v) is 8.27. The number of nitrogens with one attached hydrogen (secondary N) is 1. The van der Waals surface area contributed by atoms with Crippen LogP contribution in [-0.2, 0) is 23.0 Å². The number of hydrogen-bond acceptors (Lipinski definition) is 6. The first kappa shape index (κ1) is 18.6. The minimum Gasteiger partial charge on any atom is -0.492 e. The Labute approximate surface area is 163 Å². The largest absolute Gasteiger partial charge is 0.492 e. The van der Waals surface area contributed by atoms with E-state index in [9.17, 15) is 13.2 Å². The Morgan fingerprint density at radius 2 is 1.89 bits per heavy atom. The van der Waals surface area contributed by atoms with E-state index < -0.39 is 10.0 Å². The van der Waals surface area contributed by atoms with E-state index in [2.05, 4.69) is 4.72 Å². The summed E-state index contributed by atoms with van der Waals surface area (Å²) >= 11 is 0. The van der Waals surface area contributed by atoms with Crippen molar-refractivity contribution in [3.63, 3.8) is 0 Å². The molecule has 0 aromatic heterocycles. The molecule has 0 spiro atoms. The number of benzene rings is 2. The molecule has 9 heteroatoms. The number of sulfonamides is 1. The van der Waals surface area contributed by atoms with Crippen molar-refractivity contribution < 1.29 is 27.4 Å². The molecule has 0 saturated carbocycles. The van der Waals surface area contributed by atoms with Crippen LogP contribution in [0.5, 0.6) is 17.2 Å². The molecule has 28 heavy (non-hydrogen) atoms. The van der Waals surface area contributed by atoms with Crippen LogP contribution in [0.2, 0.25) is 0 Å². The lowest BCUT2D eigenvalue weighted by atomic mass is 9.97. The van der Waals surface area contributed by atoms with Gasteiger partial charge in [-0.15, -0.1) is 0 Å². The topological polar surface area (TPSA) is 94.2 Å². The molecule has 2 aliphatic heterocycles. The summed E-state index contributed by atoms with van der Waals surface area (Å²) in [6, 6.07) is 9.19. The van der Waals surface area contributed by atoms with Crippen LogP contribution >= 0.6 is 0 Å². The van der Waals surface area contributed by atoms with Crippen molar-refractivity contribution in [3.8, 4) is 17.2 Å². The predicted octanol–water partition coefficient (Wildman–Crippen LogP) is 1.53. The van der Waals surface area contributed by atoms with E-state index in [4.69, 9.17) is 14.2 Å². The molecule has 0 fully saturated rings. The van der Waals surface area contributed by atoms with E-state index >= 15 is 0 Å². The summed E-state index contributed by atoms with van der Waals surface area (Å²) in [5.41, 5.74) is 1.42. The maximum absolute atomic E-state index is 13.2. The summed E-state index contributed by atoms with van der Waals surface area (Å²) < 4.78 is 45.4. The fourth-order valence-corrected chi connectivity index (χ4v) is 4.90. The lowest BCUT2D eigenvalue weighted by molar-refractivity contribution is 0.0775. The SMILES string of the molecule is COc1c2c(c(S(=O)(=O)NCc3ccccc3)c3c1C(=O)N(C)CC3)OCO2. The third kappa shape index (κ3) is 2.96. The maximum Gasteiger partial charge on any atom is 0.257 e. The molecule has 0 atom stereocenters. The zero-order valence-electron chi connectivity index (χ0n) is 15.5. The molecule has 0 radical (unpaired) electrons. The molecule has 2 heterocycles. The second kappa shape index (κ2) is 6.99. The summed E-state index contributed by atoms with van der Waals surface area (Å²) in [4.78, 5) is 14.3. The quantitative estimate of drug-likeness (QED) is 0.812. The molecule has 1 amide bonds. The molecule has 1 N–H and O–H groups in total. The zero-order valence-corrected chi connectivity index (χ0v) is 16.3. The van der Waals surface area contributed by atoms with Gasteiger partial charge in [0.05, 0.1) is 12.7 Å². The number of ether oxygens (including phenoxy) is 3. The molecular weight excluding hydrogens is 384 g/mol. The number of nitrogens with zero attached hydrogens (tertiary/aromatic N) is 1. The molecule has 0 saturated heterocycles. The highest BCUT2D eigenvalue weighted by Crippen LogP contribution is 2.51. The molecule has 4 rings (SSSR count). The van der Waals surface area contributed by atoms with Crippen LogP contribution in [0, 0.1) is 0 Å². The molecule has 0 aliphatic carbocycles. The molecule has 148 valence electrons. The van der Waals surface area contributed by atoms with Crippen molar-refractivity contribution in [2.24, 2.45) is 0 Å². The van der Waals surface area contributed by atoms with Gasteiger partial charge in [-0.2, -0.15) is 0 Å². The Hall–Kier alpha value is -2.78. The van der Waals surface area contributed by atoms with Gasteiger partial charge in [-0.3, -0.25) is 4.79 Å². The zero-order chi connectivity index (χ0) is 19.9. The third-order valence-corrected chi connectivity index (χ3v) is 6.36. The second-order valence-electron chi connectivity index (χ2n) is 6.57. The van der Waals surface area contributed by atoms with Gasteiger partial charge in [0.1, 0.15) is 4.90 Å². The number of carbonyl (C=O) groups excluding carboxylic acids is 1.